The Bertz CT molecular complexity index is 1090. The number of anilines is 1. The van der Waals surface area contributed by atoms with Gasteiger partial charge in [-0.1, -0.05) is 23.7 Å². The number of nitrogens with zero attached hydrogens (tertiary/aromatic N) is 6. The molecule has 28 heavy (non-hydrogen) atoms. The monoisotopic (exact) mass is 399 g/mol. The molecule has 8 nitrogen and oxygen atoms in total. The highest BCUT2D eigenvalue weighted by Crippen LogP contribution is 2.20. The number of hydrogen-bond acceptors (Lipinski definition) is 4. The van der Waals surface area contributed by atoms with E-state index in [1.807, 2.05) is 0 Å². The standard InChI is InChI=1S/C18H15ClFN7O/c19-15-11-27(10-13-2-4-14(20)5-3-13)24-17(15)22-18(28)16-6-9-26(23-16)12-25-8-1-7-21-25/h1-9,11H,10,12H2,(H,22,24,28). The van der Waals surface area contributed by atoms with Crippen molar-refractivity contribution in [1.29, 1.82) is 0 Å². The van der Waals surface area contributed by atoms with Crippen molar-refractivity contribution in [2.45, 2.75) is 13.2 Å². The second kappa shape index (κ2) is 7.65. The molecule has 3 aromatic heterocycles. The van der Waals surface area contributed by atoms with E-state index in [0.29, 0.717) is 18.2 Å². The van der Waals surface area contributed by atoms with Crippen molar-refractivity contribution in [3.63, 3.8) is 0 Å². The third-order valence-corrected chi connectivity index (χ3v) is 4.21. The number of halogens is 2. The summed E-state index contributed by atoms with van der Waals surface area (Å²) < 4.78 is 17.9. The lowest BCUT2D eigenvalue weighted by Gasteiger charge is -2.03. The summed E-state index contributed by atoms with van der Waals surface area (Å²) in [5, 5.41) is 15.5. The van der Waals surface area contributed by atoms with E-state index in [0.717, 1.165) is 5.56 Å². The zero-order valence-corrected chi connectivity index (χ0v) is 15.3. The van der Waals surface area contributed by atoms with Gasteiger partial charge in [0.1, 0.15) is 17.5 Å². The maximum Gasteiger partial charge on any atom is 0.277 e. The Morgan fingerprint density at radius 3 is 2.64 bits per heavy atom. The van der Waals surface area contributed by atoms with Crippen LogP contribution in [0, 0.1) is 5.82 Å². The summed E-state index contributed by atoms with van der Waals surface area (Å²) in [6, 6.07) is 9.49. The molecule has 142 valence electrons. The number of carbonyl (C=O) groups is 1. The fourth-order valence-electron chi connectivity index (χ4n) is 2.61. The van der Waals surface area contributed by atoms with E-state index in [4.69, 9.17) is 11.6 Å². The molecule has 3 heterocycles. The topological polar surface area (TPSA) is 82.6 Å². The Morgan fingerprint density at radius 2 is 1.89 bits per heavy atom. The van der Waals surface area contributed by atoms with Crippen molar-refractivity contribution >= 4 is 23.3 Å². The van der Waals surface area contributed by atoms with Gasteiger partial charge in [0, 0.05) is 24.8 Å². The maximum atomic E-state index is 13.0. The van der Waals surface area contributed by atoms with E-state index >= 15 is 0 Å². The second-order valence-corrected chi connectivity index (χ2v) is 6.44. The molecule has 1 aromatic carbocycles. The first kappa shape index (κ1) is 17.9. The SMILES string of the molecule is O=C(Nc1nn(Cc2ccc(F)cc2)cc1Cl)c1ccn(Cn2cccn2)n1. The molecule has 0 unspecified atom stereocenters. The first-order valence-corrected chi connectivity index (χ1v) is 8.74. The molecule has 0 radical (unpaired) electrons. The molecular formula is C18H15ClFN7O. The first-order valence-electron chi connectivity index (χ1n) is 8.36. The van der Waals surface area contributed by atoms with E-state index in [-0.39, 0.29) is 17.3 Å². The minimum atomic E-state index is -0.423. The van der Waals surface area contributed by atoms with Gasteiger partial charge in [-0.2, -0.15) is 15.3 Å². The molecule has 0 aliphatic heterocycles. The van der Waals surface area contributed by atoms with E-state index in [1.165, 1.54) is 12.1 Å². The average Bonchev–Trinajstić information content (AvgIpc) is 3.41. The van der Waals surface area contributed by atoms with Crippen LogP contribution in [-0.2, 0) is 13.2 Å². The minimum absolute atomic E-state index is 0.232. The van der Waals surface area contributed by atoms with Gasteiger partial charge in [-0.25, -0.2) is 4.39 Å². The van der Waals surface area contributed by atoms with Crippen LogP contribution >= 0.6 is 11.6 Å². The summed E-state index contributed by atoms with van der Waals surface area (Å²) in [4.78, 5) is 12.4. The van der Waals surface area contributed by atoms with Crippen LogP contribution in [0.4, 0.5) is 10.2 Å². The third-order valence-electron chi connectivity index (χ3n) is 3.93. The normalized spacial score (nSPS) is 10.9. The molecule has 0 atom stereocenters. The van der Waals surface area contributed by atoms with Gasteiger partial charge in [0.05, 0.1) is 6.54 Å². The van der Waals surface area contributed by atoms with E-state index in [2.05, 4.69) is 20.6 Å². The summed E-state index contributed by atoms with van der Waals surface area (Å²) in [5.41, 5.74) is 1.09. The van der Waals surface area contributed by atoms with Crippen molar-refractivity contribution < 1.29 is 9.18 Å². The van der Waals surface area contributed by atoms with Gasteiger partial charge < -0.3 is 5.32 Å². The van der Waals surface area contributed by atoms with Crippen LogP contribution in [-0.4, -0.2) is 35.2 Å². The molecule has 1 amide bonds. The molecule has 0 aliphatic rings. The van der Waals surface area contributed by atoms with Crippen molar-refractivity contribution in [1.82, 2.24) is 29.3 Å². The van der Waals surface area contributed by atoms with Crippen LogP contribution in [0.3, 0.4) is 0 Å². The van der Waals surface area contributed by atoms with Gasteiger partial charge >= 0.3 is 0 Å². The third kappa shape index (κ3) is 4.09. The predicted molar refractivity (Wildman–Crippen MR) is 101 cm³/mol. The van der Waals surface area contributed by atoms with Crippen LogP contribution in [0.1, 0.15) is 16.1 Å². The van der Waals surface area contributed by atoms with Crippen LogP contribution in [0.2, 0.25) is 5.02 Å². The fraction of sp³-hybridized carbons (Fsp3) is 0.111. The predicted octanol–water partition coefficient (Wildman–Crippen LogP) is 2.88. The summed E-state index contributed by atoms with van der Waals surface area (Å²) in [7, 11) is 0. The summed E-state index contributed by atoms with van der Waals surface area (Å²) in [6.45, 7) is 0.793. The molecule has 0 aliphatic carbocycles. The number of carbonyl (C=O) groups excluding carboxylic acids is 1. The first-order chi connectivity index (χ1) is 13.6. The lowest BCUT2D eigenvalue weighted by atomic mass is 10.2. The Morgan fingerprint density at radius 1 is 1.07 bits per heavy atom. The fourth-order valence-corrected chi connectivity index (χ4v) is 2.80. The number of hydrogen-bond donors (Lipinski definition) is 1. The van der Waals surface area contributed by atoms with Crippen molar-refractivity contribution in [3.8, 4) is 0 Å². The highest BCUT2D eigenvalue weighted by Gasteiger charge is 2.15. The highest BCUT2D eigenvalue weighted by molar-refractivity contribution is 6.33. The second-order valence-electron chi connectivity index (χ2n) is 6.03. The molecule has 4 rings (SSSR count). The molecule has 10 heteroatoms. The number of aromatic nitrogens is 6. The average molecular weight is 400 g/mol. The van der Waals surface area contributed by atoms with E-state index in [9.17, 15) is 9.18 Å². The molecule has 0 bridgehead atoms. The van der Waals surface area contributed by atoms with Crippen LogP contribution in [0.5, 0.6) is 0 Å². The van der Waals surface area contributed by atoms with E-state index < -0.39 is 5.91 Å². The minimum Gasteiger partial charge on any atom is -0.302 e. The molecule has 0 saturated heterocycles. The molecule has 0 fully saturated rings. The summed E-state index contributed by atoms with van der Waals surface area (Å²) >= 11 is 6.17. The quantitative estimate of drug-likeness (QED) is 0.540. The van der Waals surface area contributed by atoms with Gasteiger partial charge in [0.2, 0.25) is 0 Å². The van der Waals surface area contributed by atoms with Gasteiger partial charge in [-0.15, -0.1) is 0 Å². The molecule has 4 aromatic rings. The maximum absolute atomic E-state index is 13.0. The number of nitrogens with one attached hydrogen (secondary N) is 1. The van der Waals surface area contributed by atoms with Gasteiger partial charge in [0.15, 0.2) is 11.5 Å². The van der Waals surface area contributed by atoms with E-state index in [1.54, 1.807) is 63.1 Å². The Hall–Kier alpha value is -3.46. The number of benzene rings is 1. The molecular weight excluding hydrogens is 385 g/mol. The van der Waals surface area contributed by atoms with Crippen LogP contribution in [0.25, 0.3) is 0 Å². The van der Waals surface area contributed by atoms with Gasteiger partial charge in [0.25, 0.3) is 5.91 Å². The molecule has 0 spiro atoms. The Labute approximate surface area is 164 Å². The lowest BCUT2D eigenvalue weighted by molar-refractivity contribution is 0.102. The summed E-state index contributed by atoms with van der Waals surface area (Å²) in [6.07, 6.45) is 6.75. The smallest absolute Gasteiger partial charge is 0.277 e. The zero-order chi connectivity index (χ0) is 19.5. The Kier molecular flexibility index (Phi) is 4.90. The number of rotatable bonds is 6. The van der Waals surface area contributed by atoms with Crippen LogP contribution in [0.15, 0.2) is 61.2 Å². The lowest BCUT2D eigenvalue weighted by Crippen LogP contribution is -2.15. The molecule has 0 saturated carbocycles. The van der Waals surface area contributed by atoms with Gasteiger partial charge in [-0.3, -0.25) is 18.8 Å². The summed E-state index contributed by atoms with van der Waals surface area (Å²) in [5.74, 6) is -0.495. The zero-order valence-electron chi connectivity index (χ0n) is 14.5. The Balaban J connectivity index is 1.42. The van der Waals surface area contributed by atoms with Gasteiger partial charge in [-0.05, 0) is 29.8 Å². The van der Waals surface area contributed by atoms with Crippen molar-refractivity contribution in [2.75, 3.05) is 5.32 Å². The largest absolute Gasteiger partial charge is 0.302 e. The molecule has 1 N–H and O–H groups in total. The van der Waals surface area contributed by atoms with Crippen molar-refractivity contribution in [3.05, 3.63) is 83.3 Å². The van der Waals surface area contributed by atoms with Crippen molar-refractivity contribution in [2.24, 2.45) is 0 Å². The highest BCUT2D eigenvalue weighted by atomic mass is 35.5. The number of amides is 1. The van der Waals surface area contributed by atoms with Crippen LogP contribution < -0.4 is 5.32 Å².